The van der Waals surface area contributed by atoms with Crippen LogP contribution in [-0.4, -0.2) is 78.4 Å². The van der Waals surface area contributed by atoms with Gasteiger partial charge in [-0.25, -0.2) is 0 Å². The van der Waals surface area contributed by atoms with E-state index in [0.29, 0.717) is 47.0 Å². The molecule has 0 aromatic heterocycles. The molecule has 1 fully saturated rings. The summed E-state index contributed by atoms with van der Waals surface area (Å²) in [5, 5.41) is 25.3. The zero-order chi connectivity index (χ0) is 30.9. The van der Waals surface area contributed by atoms with Crippen molar-refractivity contribution in [3.8, 4) is 34.8 Å². The molecule has 2 bridgehead atoms. The van der Waals surface area contributed by atoms with E-state index in [-0.39, 0.29) is 43.1 Å². The van der Waals surface area contributed by atoms with Gasteiger partial charge < -0.3 is 35.1 Å². The van der Waals surface area contributed by atoms with Crippen molar-refractivity contribution in [2.24, 2.45) is 5.73 Å². The molecule has 1 amide bonds. The van der Waals surface area contributed by atoms with E-state index in [9.17, 15) is 20.0 Å². The van der Waals surface area contributed by atoms with Crippen molar-refractivity contribution >= 4 is 11.9 Å². The number of rotatable bonds is 5. The molecule has 4 heterocycles. The Balaban J connectivity index is 1.61. The third-order valence-corrected chi connectivity index (χ3v) is 9.39. The fourth-order valence-electron chi connectivity index (χ4n) is 7.67. The number of aromatic hydroxyl groups is 1. The Labute approximate surface area is 250 Å². The molecule has 6 rings (SSSR count). The maximum Gasteiger partial charge on any atom is 0.308 e. The van der Waals surface area contributed by atoms with Gasteiger partial charge in [-0.1, -0.05) is 6.07 Å². The zero-order valence-electron chi connectivity index (χ0n) is 25.2. The van der Waals surface area contributed by atoms with E-state index >= 15 is 0 Å². The molecule has 12 nitrogen and oxygen atoms in total. The quantitative estimate of drug-likeness (QED) is 0.344. The number of hydrogen-bond donors (Lipinski definition) is 3. The van der Waals surface area contributed by atoms with E-state index in [4.69, 9.17) is 24.7 Å². The average molecular weight is 592 g/mol. The third-order valence-electron chi connectivity index (χ3n) is 9.39. The predicted molar refractivity (Wildman–Crippen MR) is 154 cm³/mol. The second kappa shape index (κ2) is 10.6. The number of fused-ring (bicyclic) bond motifs is 9. The molecule has 4 aliphatic rings. The van der Waals surface area contributed by atoms with E-state index in [1.54, 1.807) is 6.92 Å². The molecule has 4 N–H and O–H groups in total. The number of hydrogen-bond acceptors (Lipinski definition) is 11. The Bertz CT molecular complexity index is 1570. The number of esters is 1. The summed E-state index contributed by atoms with van der Waals surface area (Å²) < 4.78 is 23.3. The monoisotopic (exact) mass is 591 g/mol. The van der Waals surface area contributed by atoms with Crippen molar-refractivity contribution in [2.45, 2.75) is 76.8 Å². The van der Waals surface area contributed by atoms with Crippen molar-refractivity contribution in [1.29, 1.82) is 5.26 Å². The summed E-state index contributed by atoms with van der Waals surface area (Å²) in [4.78, 5) is 29.4. The fraction of sp³-hybridized carbons (Fsp3) is 0.516. The molecular formula is C31H37N5O7. The molecule has 43 heavy (non-hydrogen) atoms. The van der Waals surface area contributed by atoms with E-state index in [2.05, 4.69) is 21.2 Å². The minimum atomic E-state index is -0.739. The number of nitriles is 1. The smallest absolute Gasteiger partial charge is 0.308 e. The minimum Gasteiger partial charge on any atom is -0.504 e. The van der Waals surface area contributed by atoms with Crippen LogP contribution < -0.4 is 30.0 Å². The van der Waals surface area contributed by atoms with E-state index in [1.807, 2.05) is 27.0 Å². The number of likely N-dealkylation sites (N-methyl/N-ethyl adjacent to an activating group) is 1. The number of benzene rings is 2. The fourth-order valence-corrected chi connectivity index (χ4v) is 7.67. The Morgan fingerprint density at radius 1 is 1.21 bits per heavy atom. The van der Waals surface area contributed by atoms with Gasteiger partial charge >= 0.3 is 5.97 Å². The first-order valence-corrected chi connectivity index (χ1v) is 14.4. The van der Waals surface area contributed by atoms with Crippen molar-refractivity contribution in [2.75, 3.05) is 27.5 Å². The van der Waals surface area contributed by atoms with Crippen LogP contribution in [0.1, 0.15) is 59.3 Å². The molecule has 2 unspecified atom stereocenters. The molecular weight excluding hydrogens is 554 g/mol. The van der Waals surface area contributed by atoms with Gasteiger partial charge in [0.1, 0.15) is 11.8 Å². The summed E-state index contributed by atoms with van der Waals surface area (Å²) in [6, 6.07) is 1.83. The predicted octanol–water partition coefficient (Wildman–Crippen LogP) is 1.91. The molecule has 0 spiro atoms. The molecule has 0 aliphatic carbocycles. The molecule has 0 radical (unpaired) electrons. The van der Waals surface area contributed by atoms with Crippen molar-refractivity contribution in [1.82, 2.24) is 15.1 Å². The van der Waals surface area contributed by atoms with Crippen LogP contribution in [0.3, 0.4) is 0 Å². The highest BCUT2D eigenvalue weighted by atomic mass is 16.7. The van der Waals surface area contributed by atoms with Crippen LogP contribution in [-0.2, 0) is 22.4 Å². The highest BCUT2D eigenvalue weighted by molar-refractivity contribution is 5.81. The van der Waals surface area contributed by atoms with Crippen LogP contribution in [0.4, 0.5) is 0 Å². The number of nitrogens with two attached hydrogens (primary N) is 1. The minimum absolute atomic E-state index is 0.00939. The Morgan fingerprint density at radius 2 is 1.93 bits per heavy atom. The lowest BCUT2D eigenvalue weighted by Crippen LogP contribution is -2.68. The number of phenols is 1. The van der Waals surface area contributed by atoms with Crippen LogP contribution >= 0.6 is 0 Å². The summed E-state index contributed by atoms with van der Waals surface area (Å²) in [7, 11) is 3.51. The molecule has 6 atom stereocenters. The van der Waals surface area contributed by atoms with E-state index in [1.165, 1.54) is 14.0 Å². The summed E-state index contributed by atoms with van der Waals surface area (Å²) in [6.07, 6.45) is 0.917. The number of carbonyl (C=O) groups excluding carboxylic acids is 2. The summed E-state index contributed by atoms with van der Waals surface area (Å²) in [5.41, 5.74) is 10.5. The number of methoxy groups -OCH3 is 1. The van der Waals surface area contributed by atoms with Gasteiger partial charge in [0, 0.05) is 47.8 Å². The van der Waals surface area contributed by atoms with Crippen LogP contribution in [0.15, 0.2) is 6.07 Å². The maximum atomic E-state index is 12.8. The zero-order valence-corrected chi connectivity index (χ0v) is 25.2. The number of piperazine rings is 1. The molecule has 1 saturated heterocycles. The summed E-state index contributed by atoms with van der Waals surface area (Å²) in [6.45, 7) is 6.79. The highest BCUT2D eigenvalue weighted by Crippen LogP contribution is 2.58. The number of ether oxygens (including phenoxy) is 4. The third kappa shape index (κ3) is 4.29. The van der Waals surface area contributed by atoms with E-state index < -0.39 is 24.1 Å². The lowest BCUT2D eigenvalue weighted by Gasteiger charge is -2.60. The van der Waals surface area contributed by atoms with Crippen LogP contribution in [0, 0.1) is 25.2 Å². The topological polar surface area (TPSA) is 160 Å². The van der Waals surface area contributed by atoms with Crippen LogP contribution in [0.5, 0.6) is 28.7 Å². The number of amides is 1. The van der Waals surface area contributed by atoms with E-state index in [0.717, 1.165) is 22.3 Å². The summed E-state index contributed by atoms with van der Waals surface area (Å²) in [5.74, 6) is 1.05. The van der Waals surface area contributed by atoms with Gasteiger partial charge in [-0.2, -0.15) is 5.26 Å². The van der Waals surface area contributed by atoms with Gasteiger partial charge in [-0.15, -0.1) is 0 Å². The number of nitrogens with zero attached hydrogens (tertiary/aromatic N) is 3. The van der Waals surface area contributed by atoms with Gasteiger partial charge in [-0.05, 0) is 51.8 Å². The first-order chi connectivity index (χ1) is 20.5. The van der Waals surface area contributed by atoms with Crippen molar-refractivity contribution in [3.05, 3.63) is 39.4 Å². The van der Waals surface area contributed by atoms with Crippen molar-refractivity contribution < 1.29 is 33.6 Å². The average Bonchev–Trinajstić information content (AvgIpc) is 3.44. The van der Waals surface area contributed by atoms with Gasteiger partial charge in [0.05, 0.1) is 31.3 Å². The van der Waals surface area contributed by atoms with Gasteiger partial charge in [-0.3, -0.25) is 19.4 Å². The maximum absolute atomic E-state index is 12.8. The van der Waals surface area contributed by atoms with Gasteiger partial charge in [0.25, 0.3) is 0 Å². The highest BCUT2D eigenvalue weighted by Gasteiger charge is 2.56. The molecule has 2 aromatic rings. The molecule has 0 saturated carbocycles. The van der Waals surface area contributed by atoms with Crippen molar-refractivity contribution in [3.63, 3.8) is 0 Å². The number of nitrogens with one attached hydrogen (secondary N) is 1. The SMILES string of the molecule is COc1c(C)cc2c(c1O)C1C3Cc4c(OC(C)=O)c(C)c5c(c4[C@H](CNC(=O)[C@H](C)N)N3[C@@H](C#N)[C@H](C2)N1C)OCO5. The second-order valence-corrected chi connectivity index (χ2v) is 11.9. The number of phenolic OH excluding ortho intramolecular Hbond substituents is 1. The standard InChI is InChI=1S/C31H37N5O7/c1-13-7-17-8-19-21(10-32)36-20(25(35(19)5)23(17)26(38)27(13)40-6)9-18-24(22(36)11-34-31(39)15(3)33)30-29(41-12-42-30)14(2)28(18)43-16(4)37/h7,15,19-22,25,38H,8-9,11-12,33H2,1-6H3,(H,34,39)/t15-,19-,20?,21-,22-,25?/m0/s1. The van der Waals surface area contributed by atoms with Crippen LogP contribution in [0.25, 0.3) is 0 Å². The first kappa shape index (κ1) is 29.0. The molecule has 2 aromatic carbocycles. The Kier molecular flexibility index (Phi) is 7.15. The van der Waals surface area contributed by atoms with Gasteiger partial charge in [0.15, 0.2) is 23.0 Å². The normalized spacial score (nSPS) is 26.0. The lowest BCUT2D eigenvalue weighted by molar-refractivity contribution is -0.132. The Morgan fingerprint density at radius 3 is 2.58 bits per heavy atom. The second-order valence-electron chi connectivity index (χ2n) is 11.9. The summed E-state index contributed by atoms with van der Waals surface area (Å²) >= 11 is 0. The molecule has 228 valence electrons. The molecule has 4 aliphatic heterocycles. The Hall–Kier alpha value is -4.05. The first-order valence-electron chi connectivity index (χ1n) is 14.4. The molecule has 12 heteroatoms. The largest absolute Gasteiger partial charge is 0.504 e. The number of aryl methyl sites for hydroxylation is 1. The van der Waals surface area contributed by atoms with Crippen LogP contribution in [0.2, 0.25) is 0 Å². The lowest BCUT2D eigenvalue weighted by atomic mass is 9.71. The number of carbonyl (C=O) groups is 2. The van der Waals surface area contributed by atoms with Gasteiger partial charge in [0.2, 0.25) is 12.7 Å².